The van der Waals surface area contributed by atoms with Crippen LogP contribution in [-0.4, -0.2) is 47.4 Å². The lowest BCUT2D eigenvalue weighted by molar-refractivity contribution is 0.0637. The lowest BCUT2D eigenvalue weighted by Crippen LogP contribution is -2.39. The van der Waals surface area contributed by atoms with Gasteiger partial charge in [0.05, 0.1) is 12.6 Å². The van der Waals surface area contributed by atoms with Crippen molar-refractivity contribution in [1.29, 1.82) is 0 Å². The molecule has 2 rings (SSSR count). The Hall–Kier alpha value is -1.40. The van der Waals surface area contributed by atoms with Gasteiger partial charge in [-0.2, -0.15) is 0 Å². The van der Waals surface area contributed by atoms with E-state index in [9.17, 15) is 9.90 Å². The molecule has 1 aromatic rings. The second-order valence-corrected chi connectivity index (χ2v) is 4.63. The number of likely N-dealkylation sites (tertiary alicyclic amines) is 1. The number of hydrogen-bond donors (Lipinski definition) is 1. The van der Waals surface area contributed by atoms with Gasteiger partial charge in [0.15, 0.2) is 11.5 Å². The number of nitrogens with zero attached hydrogens (tertiary/aromatic N) is 2. The third-order valence-electron chi connectivity index (χ3n) is 3.40. The molecule has 0 radical (unpaired) electrons. The molecule has 2 atom stereocenters. The van der Waals surface area contributed by atoms with E-state index < -0.39 is 0 Å². The average Bonchev–Trinajstić information content (AvgIpc) is 2.95. The topological polar surface area (TPSA) is 75.8 Å². The largest absolute Gasteiger partial charge is 0.394 e. The van der Waals surface area contributed by atoms with Crippen LogP contribution in [-0.2, 0) is 11.3 Å². The van der Waals surface area contributed by atoms with Crippen LogP contribution in [0, 0.1) is 5.92 Å². The molecule has 1 aliphatic heterocycles. The fourth-order valence-electron chi connectivity index (χ4n) is 2.31. The summed E-state index contributed by atoms with van der Waals surface area (Å²) in [6.07, 6.45) is 0.903. The highest BCUT2D eigenvalue weighted by Crippen LogP contribution is 2.25. The van der Waals surface area contributed by atoms with Crippen molar-refractivity contribution < 1.29 is 19.2 Å². The van der Waals surface area contributed by atoms with E-state index in [1.165, 1.54) is 0 Å². The van der Waals surface area contributed by atoms with Crippen molar-refractivity contribution in [1.82, 2.24) is 10.1 Å². The van der Waals surface area contributed by atoms with Gasteiger partial charge in [0.2, 0.25) is 0 Å². The van der Waals surface area contributed by atoms with Crippen LogP contribution in [0.4, 0.5) is 0 Å². The standard InChI is InChI=1S/C12H18N2O4/c1-8-3-4-14(11(8)6-15)12(16)10-5-9(7-17-2)18-13-10/h5,8,11,15H,3-4,6-7H2,1-2H3. The van der Waals surface area contributed by atoms with Gasteiger partial charge >= 0.3 is 0 Å². The lowest BCUT2D eigenvalue weighted by atomic mass is 10.0. The molecule has 2 heterocycles. The summed E-state index contributed by atoms with van der Waals surface area (Å²) in [5, 5.41) is 13.1. The van der Waals surface area contributed by atoms with Crippen LogP contribution in [0.2, 0.25) is 0 Å². The number of carbonyl (C=O) groups excluding carboxylic acids is 1. The van der Waals surface area contributed by atoms with Crippen molar-refractivity contribution in [2.45, 2.75) is 26.0 Å². The van der Waals surface area contributed by atoms with Gasteiger partial charge in [0.25, 0.3) is 5.91 Å². The third-order valence-corrected chi connectivity index (χ3v) is 3.40. The maximum atomic E-state index is 12.2. The molecule has 100 valence electrons. The Labute approximate surface area is 106 Å². The van der Waals surface area contributed by atoms with Crippen LogP contribution in [0.5, 0.6) is 0 Å². The highest BCUT2D eigenvalue weighted by Gasteiger charge is 2.35. The van der Waals surface area contributed by atoms with E-state index in [1.54, 1.807) is 18.1 Å². The Kier molecular flexibility index (Phi) is 3.98. The summed E-state index contributed by atoms with van der Waals surface area (Å²) < 4.78 is 9.90. The molecular weight excluding hydrogens is 236 g/mol. The first-order chi connectivity index (χ1) is 8.67. The predicted octanol–water partition coefficient (Wildman–Crippen LogP) is 0.664. The zero-order valence-electron chi connectivity index (χ0n) is 10.6. The molecule has 2 unspecified atom stereocenters. The Morgan fingerprint density at radius 1 is 1.72 bits per heavy atom. The van der Waals surface area contributed by atoms with E-state index in [0.717, 1.165) is 6.42 Å². The fraction of sp³-hybridized carbons (Fsp3) is 0.667. The van der Waals surface area contributed by atoms with Crippen molar-refractivity contribution in [3.63, 3.8) is 0 Å². The van der Waals surface area contributed by atoms with Crippen LogP contribution in [0.3, 0.4) is 0 Å². The van der Waals surface area contributed by atoms with Crippen molar-refractivity contribution in [3.05, 3.63) is 17.5 Å². The maximum absolute atomic E-state index is 12.2. The molecular formula is C12H18N2O4. The molecule has 1 fully saturated rings. The third kappa shape index (κ3) is 2.39. The van der Waals surface area contributed by atoms with Crippen LogP contribution in [0.15, 0.2) is 10.6 Å². The Bertz CT molecular complexity index is 418. The Morgan fingerprint density at radius 3 is 3.17 bits per heavy atom. The SMILES string of the molecule is COCc1cc(C(=O)N2CCC(C)C2CO)no1. The van der Waals surface area contributed by atoms with Crippen molar-refractivity contribution in [3.8, 4) is 0 Å². The number of hydrogen-bond acceptors (Lipinski definition) is 5. The number of methoxy groups -OCH3 is 1. The molecule has 0 bridgehead atoms. The summed E-state index contributed by atoms with van der Waals surface area (Å²) >= 11 is 0. The summed E-state index contributed by atoms with van der Waals surface area (Å²) in [6.45, 7) is 2.96. The maximum Gasteiger partial charge on any atom is 0.276 e. The second kappa shape index (κ2) is 5.49. The molecule has 6 nitrogen and oxygen atoms in total. The highest BCUT2D eigenvalue weighted by molar-refractivity contribution is 5.92. The van der Waals surface area contributed by atoms with Gasteiger partial charge in [-0.1, -0.05) is 12.1 Å². The first kappa shape index (κ1) is 13.0. The first-order valence-corrected chi connectivity index (χ1v) is 6.03. The van der Waals surface area contributed by atoms with Crippen molar-refractivity contribution in [2.75, 3.05) is 20.3 Å². The van der Waals surface area contributed by atoms with Gasteiger partial charge in [-0.15, -0.1) is 0 Å². The van der Waals surface area contributed by atoms with Crippen LogP contribution in [0.1, 0.15) is 29.6 Å². The minimum Gasteiger partial charge on any atom is -0.394 e. The van der Waals surface area contributed by atoms with Crippen LogP contribution in [0.25, 0.3) is 0 Å². The van der Waals surface area contributed by atoms with E-state index in [1.807, 2.05) is 6.92 Å². The zero-order valence-corrected chi connectivity index (χ0v) is 10.6. The molecule has 0 aliphatic carbocycles. The average molecular weight is 254 g/mol. The Morgan fingerprint density at radius 2 is 2.50 bits per heavy atom. The van der Waals surface area contributed by atoms with Gasteiger partial charge < -0.3 is 19.3 Å². The van der Waals surface area contributed by atoms with E-state index in [-0.39, 0.29) is 24.2 Å². The minimum atomic E-state index is -0.190. The van der Waals surface area contributed by atoms with Crippen LogP contribution >= 0.6 is 0 Å². The number of carbonyl (C=O) groups is 1. The molecule has 0 spiro atoms. The quantitative estimate of drug-likeness (QED) is 0.854. The number of rotatable bonds is 4. The zero-order chi connectivity index (χ0) is 13.1. The van der Waals surface area contributed by atoms with E-state index in [4.69, 9.17) is 9.26 Å². The molecule has 0 aromatic carbocycles. The van der Waals surface area contributed by atoms with E-state index in [2.05, 4.69) is 5.16 Å². The van der Waals surface area contributed by atoms with Gasteiger partial charge in [-0.05, 0) is 12.3 Å². The molecule has 1 N–H and O–H groups in total. The van der Waals surface area contributed by atoms with Crippen LogP contribution < -0.4 is 0 Å². The normalized spacial score (nSPS) is 23.6. The number of aromatic nitrogens is 1. The first-order valence-electron chi connectivity index (χ1n) is 6.03. The number of aliphatic hydroxyl groups is 1. The Balaban J connectivity index is 2.10. The molecule has 1 amide bonds. The van der Waals surface area contributed by atoms with Crippen molar-refractivity contribution in [2.24, 2.45) is 5.92 Å². The molecule has 1 aromatic heterocycles. The molecule has 1 aliphatic rings. The second-order valence-electron chi connectivity index (χ2n) is 4.63. The van der Waals surface area contributed by atoms with Crippen molar-refractivity contribution >= 4 is 5.91 Å². The summed E-state index contributed by atoms with van der Waals surface area (Å²) in [6, 6.07) is 1.46. The monoisotopic (exact) mass is 254 g/mol. The summed E-state index contributed by atoms with van der Waals surface area (Å²) in [5.74, 6) is 0.641. The molecule has 0 saturated carbocycles. The molecule has 1 saturated heterocycles. The summed E-state index contributed by atoms with van der Waals surface area (Å²) in [4.78, 5) is 13.9. The summed E-state index contributed by atoms with van der Waals surface area (Å²) in [7, 11) is 1.55. The van der Waals surface area contributed by atoms with Gasteiger partial charge in [0, 0.05) is 19.7 Å². The number of ether oxygens (including phenoxy) is 1. The van der Waals surface area contributed by atoms with Gasteiger partial charge in [0.1, 0.15) is 6.61 Å². The predicted molar refractivity (Wildman–Crippen MR) is 62.9 cm³/mol. The smallest absolute Gasteiger partial charge is 0.276 e. The van der Waals surface area contributed by atoms with Gasteiger partial charge in [-0.3, -0.25) is 4.79 Å². The number of amides is 1. The molecule has 6 heteroatoms. The minimum absolute atomic E-state index is 0.0182. The van der Waals surface area contributed by atoms with E-state index in [0.29, 0.717) is 24.8 Å². The van der Waals surface area contributed by atoms with Gasteiger partial charge in [-0.25, -0.2) is 0 Å². The lowest BCUT2D eigenvalue weighted by Gasteiger charge is -2.24. The van der Waals surface area contributed by atoms with E-state index >= 15 is 0 Å². The number of aliphatic hydroxyl groups excluding tert-OH is 1. The summed E-state index contributed by atoms with van der Waals surface area (Å²) in [5.41, 5.74) is 0.273. The fourth-order valence-corrected chi connectivity index (χ4v) is 2.31. The molecule has 18 heavy (non-hydrogen) atoms. The highest BCUT2D eigenvalue weighted by atomic mass is 16.5.